The first-order valence-electron chi connectivity index (χ1n) is 26.9. The molecular weight excluding hydrogens is 1160 g/mol. The minimum Gasteiger partial charge on any atom is -0.456 e. The molecule has 420 valence electrons. The normalized spacial score (nSPS) is 11.0. The molecule has 0 saturated heterocycles. The number of hydrogen-bond donors (Lipinski definition) is 2. The fraction of sp³-hybridized carbons (Fsp3) is 0.0294. The van der Waals surface area contributed by atoms with Crippen LogP contribution < -0.4 is 5.46 Å². The first-order valence-corrected chi connectivity index (χ1v) is 28.0. The Morgan fingerprint density at radius 1 is 0.318 bits per heavy atom. The number of hydrogen-bond acceptors (Lipinski definition) is 12. The van der Waals surface area contributed by atoms with Crippen LogP contribution in [0.1, 0.15) is 14.9 Å². The largest absolute Gasteiger partial charge is 0.488 e. The molecule has 0 amide bonds. The zero-order valence-corrected chi connectivity index (χ0v) is 47.3. The Balaban J connectivity index is 0.000000141. The van der Waals surface area contributed by atoms with Gasteiger partial charge >= 0.3 is 7.12 Å². The van der Waals surface area contributed by atoms with E-state index in [2.05, 4.69) is 44.2 Å². The van der Waals surface area contributed by atoms with Crippen molar-refractivity contribution in [3.8, 4) is 56.9 Å². The Labute approximate surface area is 524 Å². The first kappa shape index (κ1) is 60.2. The topological polar surface area (TPSA) is 170 Å². The van der Waals surface area contributed by atoms with Crippen molar-refractivity contribution in [1.82, 2.24) is 29.9 Å². The Morgan fingerprint density at radius 2 is 0.705 bits per heavy atom. The lowest BCUT2D eigenvalue weighted by Crippen LogP contribution is -2.29. The van der Waals surface area contributed by atoms with Gasteiger partial charge in [-0.25, -0.2) is 19.9 Å². The zero-order valence-electron chi connectivity index (χ0n) is 45.0. The van der Waals surface area contributed by atoms with Crippen molar-refractivity contribution in [1.29, 1.82) is 0 Å². The van der Waals surface area contributed by atoms with E-state index in [0.717, 1.165) is 110 Å². The molecule has 0 bridgehead atoms. The van der Waals surface area contributed by atoms with Gasteiger partial charge in [0.1, 0.15) is 44.7 Å². The van der Waals surface area contributed by atoms with Crippen molar-refractivity contribution in [2.75, 3.05) is 0 Å². The van der Waals surface area contributed by atoms with Crippen molar-refractivity contribution in [3.05, 3.63) is 234 Å². The number of benzene rings is 10. The summed E-state index contributed by atoms with van der Waals surface area (Å²) in [5, 5.41) is 27.5. The monoisotopic (exact) mass is 1200 g/mol. The molecule has 0 spiro atoms. The summed E-state index contributed by atoms with van der Waals surface area (Å²) in [6.45, 7) is 0. The van der Waals surface area contributed by atoms with Crippen LogP contribution in [0.3, 0.4) is 0 Å². The third-order valence-electron chi connectivity index (χ3n) is 14.0. The molecule has 16 aromatic rings. The van der Waals surface area contributed by atoms with E-state index < -0.39 is 13.5 Å². The summed E-state index contributed by atoms with van der Waals surface area (Å²) in [5.41, 5.74) is 10.9. The number of fused-ring (bicyclic) bond motifs is 12. The van der Waals surface area contributed by atoms with Crippen LogP contribution in [0.2, 0.25) is 15.3 Å². The van der Waals surface area contributed by atoms with Crippen LogP contribution in [-0.2, 0) is 0 Å². The van der Waals surface area contributed by atoms with E-state index in [-0.39, 0.29) is 20.1 Å². The van der Waals surface area contributed by atoms with Gasteiger partial charge in [-0.3, -0.25) is 0 Å². The molecule has 10 aromatic carbocycles. The molecule has 0 atom stereocenters. The van der Waals surface area contributed by atoms with Gasteiger partial charge in [-0.05, 0) is 95.9 Å². The van der Waals surface area contributed by atoms with Crippen molar-refractivity contribution in [2.24, 2.45) is 0 Å². The van der Waals surface area contributed by atoms with E-state index in [1.165, 1.54) is 0 Å². The van der Waals surface area contributed by atoms with E-state index in [1.54, 1.807) is 30.3 Å². The molecule has 0 unspecified atom stereocenters. The third-order valence-corrected chi connectivity index (χ3v) is 14.7. The van der Waals surface area contributed by atoms with E-state index >= 15 is 0 Å². The zero-order chi connectivity index (χ0) is 59.0. The highest BCUT2D eigenvalue weighted by atomic mass is 35.5. The lowest BCUT2D eigenvalue weighted by atomic mass is 9.08. The van der Waals surface area contributed by atoms with E-state index in [1.807, 2.05) is 182 Å². The molecule has 6 aromatic heterocycles. The standard InChI is InChI=1S/C33H18ClN3O2.C21H12ClN3O.C12H8BClO3.2CH4.B4/c34-21-14-16-27-25(18-21)22-15-13-20(17-29(22)39-27)32-35-31(19-7-2-1-3-8-19)36-33(37-32)24-10-6-12-28-30(24)23-9-4-5-11-26(23)38-28;22-21-24-19(13-7-2-1-3-8-13)23-20(25-21)15-10-6-12-17-18(15)14-9-4-5-11-16(14)26-17;14-8-2-4-11-10(6-8)9-3-1-7(13(15)16)5-12(9)17-11;;;1-4(2)3/h1-18H;1-12H;1-6,15-16H;2*1H4;. The van der Waals surface area contributed by atoms with Gasteiger partial charge in [0, 0.05) is 111 Å². The summed E-state index contributed by atoms with van der Waals surface area (Å²) in [5.74, 6) is 2.81. The van der Waals surface area contributed by atoms with Crippen molar-refractivity contribution < 1.29 is 27.7 Å². The van der Waals surface area contributed by atoms with Gasteiger partial charge in [-0.15, -0.1) is 0 Å². The minimum absolute atomic E-state index is 0. The lowest BCUT2D eigenvalue weighted by Gasteiger charge is -2.09. The van der Waals surface area contributed by atoms with E-state index in [9.17, 15) is 0 Å². The predicted octanol–water partition coefficient (Wildman–Crippen LogP) is 16.8. The minimum atomic E-state index is -1.49. The molecule has 0 aliphatic heterocycles. The van der Waals surface area contributed by atoms with Crippen LogP contribution in [0, 0.1) is 0 Å². The van der Waals surface area contributed by atoms with Crippen molar-refractivity contribution >= 4 is 165 Å². The van der Waals surface area contributed by atoms with Gasteiger partial charge in [0.15, 0.2) is 29.1 Å². The van der Waals surface area contributed by atoms with Crippen LogP contribution in [0.4, 0.5) is 0 Å². The summed E-state index contributed by atoms with van der Waals surface area (Å²) in [6, 6.07) is 69.6. The maximum atomic E-state index is 9.09. The number of halogens is 3. The van der Waals surface area contributed by atoms with Crippen molar-refractivity contribution in [3.63, 3.8) is 0 Å². The lowest BCUT2D eigenvalue weighted by molar-refractivity contribution is 0.425. The van der Waals surface area contributed by atoms with Crippen LogP contribution in [0.5, 0.6) is 0 Å². The molecule has 88 heavy (non-hydrogen) atoms. The predicted molar refractivity (Wildman–Crippen MR) is 364 cm³/mol. The van der Waals surface area contributed by atoms with Crippen LogP contribution >= 0.6 is 34.8 Å². The van der Waals surface area contributed by atoms with Crippen molar-refractivity contribution in [2.45, 2.75) is 14.9 Å². The van der Waals surface area contributed by atoms with E-state index in [4.69, 9.17) is 77.5 Å². The van der Waals surface area contributed by atoms with Gasteiger partial charge in [0.2, 0.25) is 5.28 Å². The van der Waals surface area contributed by atoms with Crippen LogP contribution in [0.15, 0.2) is 236 Å². The molecule has 6 radical (unpaired) electrons. The number of rotatable bonds is 6. The van der Waals surface area contributed by atoms with Gasteiger partial charge < -0.3 is 27.7 Å². The molecule has 2 N–H and O–H groups in total. The molecule has 0 saturated carbocycles. The molecule has 0 fully saturated rings. The fourth-order valence-corrected chi connectivity index (χ4v) is 10.8. The molecule has 16 rings (SSSR count). The summed E-state index contributed by atoms with van der Waals surface area (Å²) >= 11 is 18.4. The van der Waals surface area contributed by atoms with Gasteiger partial charge in [0.05, 0.1) is 0 Å². The second kappa shape index (κ2) is 25.9. The number of furan rings is 4. The quantitative estimate of drug-likeness (QED) is 0.151. The molecule has 6 heterocycles. The molecule has 0 aliphatic rings. The van der Waals surface area contributed by atoms with Crippen LogP contribution in [-0.4, -0.2) is 76.7 Å². The average molecular weight is 1200 g/mol. The van der Waals surface area contributed by atoms with Gasteiger partial charge in [-0.1, -0.05) is 178 Å². The highest BCUT2D eigenvalue weighted by molar-refractivity contribution is 7.49. The van der Waals surface area contributed by atoms with Crippen LogP contribution in [0.25, 0.3) is 145 Å². The first-order chi connectivity index (χ1) is 41.9. The highest BCUT2D eigenvalue weighted by Crippen LogP contribution is 2.39. The Morgan fingerprint density at radius 3 is 1.22 bits per heavy atom. The van der Waals surface area contributed by atoms with Gasteiger partial charge in [0.25, 0.3) is 0 Å². The Kier molecular flexibility index (Phi) is 17.7. The summed E-state index contributed by atoms with van der Waals surface area (Å²) in [4.78, 5) is 28.1. The average Bonchev–Trinajstić information content (AvgIpc) is 1.76. The fourth-order valence-electron chi connectivity index (χ4n) is 10.3. The Hall–Kier alpha value is -9.47. The second-order valence-corrected chi connectivity index (χ2v) is 21.0. The molecule has 0 aliphatic carbocycles. The molecule has 12 nitrogen and oxygen atoms in total. The number of aromatic nitrogens is 6. The van der Waals surface area contributed by atoms with Gasteiger partial charge in [-0.2, -0.15) is 9.97 Å². The number of nitrogens with zero attached hydrogens (tertiary/aromatic N) is 6. The highest BCUT2D eigenvalue weighted by Gasteiger charge is 2.21. The summed E-state index contributed by atoms with van der Waals surface area (Å²) < 4.78 is 23.9. The smallest absolute Gasteiger partial charge is 0.456 e. The molecule has 20 heteroatoms. The summed E-state index contributed by atoms with van der Waals surface area (Å²) in [6.07, 6.45) is -0.667. The molecular formula is C68H46B5Cl3N6O6. The SMILES string of the molecule is C.C.Clc1ccc2oc3cc(-c4nc(-c5ccccc5)nc(-c5cccc6oc7ccccc7c56)n4)ccc3c2c1.Clc1nc(-c2ccccc2)nc(-c2cccc3oc4ccccc4c23)n1.OB(O)c1ccc2c(c1)oc1ccc(Cl)cc12.[B]B([B])[B]. The third kappa shape index (κ3) is 12.3. The Bertz CT molecular complexity index is 5180. The maximum Gasteiger partial charge on any atom is 0.488 e. The summed E-state index contributed by atoms with van der Waals surface area (Å²) in [7, 11) is 12.5. The van der Waals surface area contributed by atoms with E-state index in [0.29, 0.717) is 50.2 Å². The second-order valence-electron chi connectivity index (χ2n) is 19.7. The maximum absolute atomic E-state index is 9.09. The number of para-hydroxylation sites is 2.